The molecule has 2 N–H and O–H groups in total. The molecule has 0 amide bonds. The Balaban J connectivity index is 2.84. The predicted octanol–water partition coefficient (Wildman–Crippen LogP) is 1.12. The molecule has 70 valence electrons. The first-order valence-electron chi connectivity index (χ1n) is 3.92. The summed E-state index contributed by atoms with van der Waals surface area (Å²) in [6, 6.07) is 2.03. The average Bonchev–Trinajstić information content (AvgIpc) is 2.46. The van der Waals surface area contributed by atoms with Crippen molar-refractivity contribution in [1.82, 2.24) is 4.37 Å². The minimum Gasteiger partial charge on any atom is -0.394 e. The molecule has 0 saturated carbocycles. The number of aryl methyl sites for hydroxylation is 1. The molecule has 4 nitrogen and oxygen atoms in total. The summed E-state index contributed by atoms with van der Waals surface area (Å²) in [4.78, 5) is 0. The molecule has 1 atom stereocenters. The van der Waals surface area contributed by atoms with Gasteiger partial charge in [-0.05, 0) is 25.4 Å². The molecule has 0 aromatic carbocycles. The minimum atomic E-state index is -0.0491. The number of rotatable bonds is 3. The van der Waals surface area contributed by atoms with E-state index in [0.717, 1.165) is 10.7 Å². The third-order valence-electron chi connectivity index (χ3n) is 1.63. The predicted molar refractivity (Wildman–Crippen MR) is 51.7 cm³/mol. The van der Waals surface area contributed by atoms with Gasteiger partial charge in [0.2, 0.25) is 0 Å². The largest absolute Gasteiger partial charge is 0.394 e. The smallest absolute Gasteiger partial charge is 0.128 e. The van der Waals surface area contributed by atoms with Crippen LogP contribution in [0.25, 0.3) is 0 Å². The Labute approximate surface area is 81.0 Å². The highest BCUT2D eigenvalue weighted by Crippen LogP contribution is 2.23. The molecule has 1 heterocycles. The summed E-state index contributed by atoms with van der Waals surface area (Å²) in [5.41, 5.74) is 1.31. The van der Waals surface area contributed by atoms with E-state index in [1.54, 1.807) is 6.92 Å². The van der Waals surface area contributed by atoms with Crippen LogP contribution < -0.4 is 5.32 Å². The number of aliphatic hydroxyl groups is 1. The second-order valence-corrected chi connectivity index (χ2v) is 3.59. The lowest BCUT2D eigenvalue weighted by Gasteiger charge is -2.09. The van der Waals surface area contributed by atoms with E-state index in [1.165, 1.54) is 11.5 Å². The monoisotopic (exact) mass is 197 g/mol. The lowest BCUT2D eigenvalue weighted by molar-refractivity contribution is 0.281. The fraction of sp³-hybridized carbons (Fsp3) is 0.500. The Hall–Kier alpha value is -1.12. The van der Waals surface area contributed by atoms with Crippen molar-refractivity contribution in [2.75, 3.05) is 11.9 Å². The molecule has 0 saturated heterocycles. The molecule has 5 heteroatoms. The normalized spacial score (nSPS) is 12.2. The number of anilines is 1. The van der Waals surface area contributed by atoms with E-state index in [1.807, 2.05) is 6.92 Å². The van der Waals surface area contributed by atoms with E-state index in [2.05, 4.69) is 15.8 Å². The van der Waals surface area contributed by atoms with Crippen molar-refractivity contribution in [3.63, 3.8) is 0 Å². The van der Waals surface area contributed by atoms with Gasteiger partial charge in [-0.1, -0.05) is 0 Å². The number of hydrogen-bond donors (Lipinski definition) is 2. The van der Waals surface area contributed by atoms with Gasteiger partial charge in [-0.2, -0.15) is 9.64 Å². The van der Waals surface area contributed by atoms with Crippen LogP contribution in [-0.2, 0) is 0 Å². The quantitative estimate of drug-likeness (QED) is 0.761. The molecule has 1 aromatic rings. The average molecular weight is 197 g/mol. The second kappa shape index (κ2) is 4.21. The SMILES string of the molecule is Cc1nsc(N[C@@H](C)CO)c1C#N. The third-order valence-corrected chi connectivity index (χ3v) is 2.50. The van der Waals surface area contributed by atoms with E-state index >= 15 is 0 Å². The summed E-state index contributed by atoms with van der Waals surface area (Å²) in [6.07, 6.45) is 0. The Morgan fingerprint density at radius 3 is 3.00 bits per heavy atom. The van der Waals surface area contributed by atoms with Gasteiger partial charge < -0.3 is 10.4 Å². The Morgan fingerprint density at radius 1 is 1.77 bits per heavy atom. The first kappa shape index (κ1) is 9.96. The second-order valence-electron chi connectivity index (χ2n) is 2.81. The number of aromatic nitrogens is 1. The molecule has 0 fully saturated rings. The van der Waals surface area contributed by atoms with E-state index in [-0.39, 0.29) is 12.6 Å². The molecule has 13 heavy (non-hydrogen) atoms. The molecule has 0 aliphatic carbocycles. The molecule has 0 aliphatic rings. The number of nitrogens with zero attached hydrogens (tertiary/aromatic N) is 2. The maximum atomic E-state index is 8.81. The van der Waals surface area contributed by atoms with Gasteiger partial charge in [0.15, 0.2) is 0 Å². The van der Waals surface area contributed by atoms with Gasteiger partial charge in [-0.3, -0.25) is 0 Å². The molecular formula is C8H11N3OS. The van der Waals surface area contributed by atoms with E-state index in [4.69, 9.17) is 10.4 Å². The summed E-state index contributed by atoms with van der Waals surface area (Å²) >= 11 is 1.25. The highest BCUT2D eigenvalue weighted by atomic mass is 32.1. The third kappa shape index (κ3) is 2.17. The summed E-state index contributed by atoms with van der Waals surface area (Å²) in [6.45, 7) is 3.68. The topological polar surface area (TPSA) is 68.9 Å². The maximum Gasteiger partial charge on any atom is 0.128 e. The fourth-order valence-corrected chi connectivity index (χ4v) is 1.73. The summed E-state index contributed by atoms with van der Waals surface area (Å²) in [5.74, 6) is 0. The van der Waals surface area contributed by atoms with Crippen molar-refractivity contribution in [1.29, 1.82) is 5.26 Å². The van der Waals surface area contributed by atoms with Crippen molar-refractivity contribution < 1.29 is 5.11 Å². The summed E-state index contributed by atoms with van der Waals surface area (Å²) in [7, 11) is 0. The van der Waals surface area contributed by atoms with Crippen molar-refractivity contribution in [3.8, 4) is 6.07 Å². The maximum absolute atomic E-state index is 8.81. The van der Waals surface area contributed by atoms with Gasteiger partial charge >= 0.3 is 0 Å². The van der Waals surface area contributed by atoms with Crippen LogP contribution >= 0.6 is 11.5 Å². The zero-order valence-corrected chi connectivity index (χ0v) is 8.35. The van der Waals surface area contributed by atoms with Gasteiger partial charge in [0.25, 0.3) is 0 Å². The molecule has 1 aromatic heterocycles. The number of aliphatic hydroxyl groups excluding tert-OH is 1. The van der Waals surface area contributed by atoms with Crippen molar-refractivity contribution in [2.24, 2.45) is 0 Å². The van der Waals surface area contributed by atoms with E-state index < -0.39 is 0 Å². The summed E-state index contributed by atoms with van der Waals surface area (Å²) < 4.78 is 4.05. The highest BCUT2D eigenvalue weighted by Gasteiger charge is 2.11. The number of nitriles is 1. The van der Waals surface area contributed by atoms with E-state index in [9.17, 15) is 0 Å². The Kier molecular flexibility index (Phi) is 3.23. The van der Waals surface area contributed by atoms with Gasteiger partial charge in [0, 0.05) is 6.04 Å². The fourth-order valence-electron chi connectivity index (χ4n) is 0.869. The van der Waals surface area contributed by atoms with Crippen LogP contribution in [0.4, 0.5) is 5.00 Å². The van der Waals surface area contributed by atoms with Crippen LogP contribution in [0.3, 0.4) is 0 Å². The van der Waals surface area contributed by atoms with Crippen LogP contribution in [0.1, 0.15) is 18.2 Å². The lowest BCUT2D eigenvalue weighted by atomic mass is 10.2. The van der Waals surface area contributed by atoms with Crippen LogP contribution in [0.5, 0.6) is 0 Å². The Morgan fingerprint density at radius 2 is 2.46 bits per heavy atom. The summed E-state index contributed by atoms with van der Waals surface area (Å²) in [5, 5.41) is 21.3. The first-order chi connectivity index (χ1) is 6.19. The standard InChI is InChI=1S/C8H11N3OS/c1-5(4-12)10-8-7(3-9)6(2)11-13-8/h5,10,12H,4H2,1-2H3/t5-/m0/s1. The lowest BCUT2D eigenvalue weighted by Crippen LogP contribution is -2.19. The van der Waals surface area contributed by atoms with Crippen LogP contribution in [0.2, 0.25) is 0 Å². The number of hydrogen-bond acceptors (Lipinski definition) is 5. The van der Waals surface area contributed by atoms with Gasteiger partial charge in [-0.15, -0.1) is 0 Å². The molecule has 0 unspecified atom stereocenters. The molecular weight excluding hydrogens is 186 g/mol. The van der Waals surface area contributed by atoms with Crippen molar-refractivity contribution in [2.45, 2.75) is 19.9 Å². The van der Waals surface area contributed by atoms with Gasteiger partial charge in [0.1, 0.15) is 16.6 Å². The van der Waals surface area contributed by atoms with E-state index in [0.29, 0.717) is 5.56 Å². The molecule has 0 bridgehead atoms. The van der Waals surface area contributed by atoms with Crippen molar-refractivity contribution in [3.05, 3.63) is 11.3 Å². The molecule has 0 spiro atoms. The van der Waals surface area contributed by atoms with Crippen LogP contribution in [0.15, 0.2) is 0 Å². The highest BCUT2D eigenvalue weighted by molar-refractivity contribution is 7.10. The Bertz CT molecular complexity index is 329. The van der Waals surface area contributed by atoms with Crippen LogP contribution in [-0.4, -0.2) is 22.1 Å². The molecule has 1 rings (SSSR count). The zero-order chi connectivity index (χ0) is 9.84. The first-order valence-corrected chi connectivity index (χ1v) is 4.70. The van der Waals surface area contributed by atoms with Gasteiger partial charge in [-0.25, -0.2) is 0 Å². The molecule has 0 aliphatic heterocycles. The van der Waals surface area contributed by atoms with Crippen molar-refractivity contribution >= 4 is 16.5 Å². The number of nitrogens with one attached hydrogen (secondary N) is 1. The zero-order valence-electron chi connectivity index (χ0n) is 7.53. The minimum absolute atomic E-state index is 0.0435. The van der Waals surface area contributed by atoms with Crippen LogP contribution in [0, 0.1) is 18.3 Å². The van der Waals surface area contributed by atoms with Gasteiger partial charge in [0.05, 0.1) is 12.3 Å². The molecule has 0 radical (unpaired) electrons.